The lowest BCUT2D eigenvalue weighted by Gasteiger charge is -2.11. The second-order valence-corrected chi connectivity index (χ2v) is 4.96. The van der Waals surface area contributed by atoms with Crippen LogP contribution >= 0.6 is 0 Å². The molecular weight excluding hydrogens is 283 g/mol. The molecule has 0 bridgehead atoms. The molecule has 0 aliphatic rings. The maximum atomic E-state index is 13.5. The zero-order valence-electron chi connectivity index (χ0n) is 12.9. The molecule has 2 aromatic rings. The molecule has 0 atom stereocenters. The number of rotatable bonds is 6. The number of hydrogen-bond donors (Lipinski definition) is 0. The van der Waals surface area contributed by atoms with Crippen molar-refractivity contribution in [2.75, 3.05) is 26.1 Å². The number of halogens is 1. The Hall–Kier alpha value is -2.56. The smallest absolute Gasteiger partial charge is 0.165 e. The molecule has 0 radical (unpaired) electrons. The van der Waals surface area contributed by atoms with E-state index in [1.807, 2.05) is 43.3 Å². The fourth-order valence-electron chi connectivity index (χ4n) is 1.87. The van der Waals surface area contributed by atoms with Crippen molar-refractivity contribution in [3.8, 4) is 5.75 Å². The number of ether oxygens (including phenoxy) is 1. The summed E-state index contributed by atoms with van der Waals surface area (Å²) in [5, 5.41) is 3.89. The van der Waals surface area contributed by atoms with Crippen molar-refractivity contribution in [1.29, 1.82) is 0 Å². The van der Waals surface area contributed by atoms with Gasteiger partial charge in [0.2, 0.25) is 0 Å². The van der Waals surface area contributed by atoms with Crippen molar-refractivity contribution in [2.24, 2.45) is 5.16 Å². The van der Waals surface area contributed by atoms with Gasteiger partial charge < -0.3 is 14.5 Å². The van der Waals surface area contributed by atoms with Crippen LogP contribution in [0, 0.1) is 5.82 Å². The molecular formula is C17H19FN2O2. The molecule has 116 valence electrons. The average Bonchev–Trinajstić information content (AvgIpc) is 2.52. The van der Waals surface area contributed by atoms with Crippen LogP contribution in [0.5, 0.6) is 5.75 Å². The Morgan fingerprint density at radius 1 is 1.14 bits per heavy atom. The van der Waals surface area contributed by atoms with Crippen LogP contribution in [0.15, 0.2) is 47.6 Å². The second kappa shape index (κ2) is 7.45. The van der Waals surface area contributed by atoms with Crippen LogP contribution in [-0.2, 0) is 11.4 Å². The summed E-state index contributed by atoms with van der Waals surface area (Å²) in [6.07, 6.45) is 1.62. The summed E-state index contributed by atoms with van der Waals surface area (Å²) in [6.45, 7) is 0.202. The Balaban J connectivity index is 1.88. The summed E-state index contributed by atoms with van der Waals surface area (Å²) in [4.78, 5) is 7.20. The van der Waals surface area contributed by atoms with Crippen LogP contribution < -0.4 is 9.64 Å². The lowest BCUT2D eigenvalue weighted by atomic mass is 10.2. The monoisotopic (exact) mass is 302 g/mol. The molecule has 0 fully saturated rings. The molecule has 0 amide bonds. The largest absolute Gasteiger partial charge is 0.494 e. The molecule has 2 rings (SSSR count). The van der Waals surface area contributed by atoms with E-state index in [2.05, 4.69) is 5.16 Å². The van der Waals surface area contributed by atoms with Crippen LogP contribution in [0.3, 0.4) is 0 Å². The Morgan fingerprint density at radius 2 is 1.86 bits per heavy atom. The first-order chi connectivity index (χ1) is 10.6. The quantitative estimate of drug-likeness (QED) is 0.605. The van der Waals surface area contributed by atoms with Gasteiger partial charge in [-0.05, 0) is 35.4 Å². The van der Waals surface area contributed by atoms with Crippen LogP contribution in [0.2, 0.25) is 0 Å². The summed E-state index contributed by atoms with van der Waals surface area (Å²) in [5.74, 6) is -0.194. The van der Waals surface area contributed by atoms with E-state index in [1.54, 1.807) is 18.3 Å². The minimum Gasteiger partial charge on any atom is -0.494 e. The molecule has 0 heterocycles. The van der Waals surface area contributed by atoms with Crippen molar-refractivity contribution < 1.29 is 14.0 Å². The fraction of sp³-hybridized carbons (Fsp3) is 0.235. The SMILES string of the molecule is COc1ccc(CO/N=C/c2ccc(N(C)C)cc2)cc1F. The van der Waals surface area contributed by atoms with Gasteiger partial charge in [0.25, 0.3) is 0 Å². The third-order valence-corrected chi connectivity index (χ3v) is 3.13. The van der Waals surface area contributed by atoms with Gasteiger partial charge in [0.05, 0.1) is 13.3 Å². The zero-order chi connectivity index (χ0) is 15.9. The van der Waals surface area contributed by atoms with E-state index in [0.717, 1.165) is 11.3 Å². The molecule has 4 nitrogen and oxygen atoms in total. The van der Waals surface area contributed by atoms with Crippen molar-refractivity contribution in [3.05, 3.63) is 59.4 Å². The minimum atomic E-state index is -0.410. The molecule has 0 saturated heterocycles. The highest BCUT2D eigenvalue weighted by Crippen LogP contribution is 2.18. The number of anilines is 1. The molecule has 0 aliphatic heterocycles. The lowest BCUT2D eigenvalue weighted by Crippen LogP contribution is -2.08. The molecule has 0 saturated carbocycles. The average molecular weight is 302 g/mol. The number of benzene rings is 2. The summed E-state index contributed by atoms with van der Waals surface area (Å²) >= 11 is 0. The van der Waals surface area contributed by atoms with Gasteiger partial charge in [-0.2, -0.15) is 0 Å². The first-order valence-electron chi connectivity index (χ1n) is 6.85. The molecule has 22 heavy (non-hydrogen) atoms. The van der Waals surface area contributed by atoms with E-state index in [-0.39, 0.29) is 12.4 Å². The van der Waals surface area contributed by atoms with Crippen molar-refractivity contribution >= 4 is 11.9 Å². The predicted molar refractivity (Wildman–Crippen MR) is 86.1 cm³/mol. The third kappa shape index (κ3) is 4.22. The van der Waals surface area contributed by atoms with Crippen LogP contribution in [0.1, 0.15) is 11.1 Å². The van der Waals surface area contributed by atoms with Gasteiger partial charge in [0, 0.05) is 19.8 Å². The highest BCUT2D eigenvalue weighted by molar-refractivity contribution is 5.79. The van der Waals surface area contributed by atoms with Crippen molar-refractivity contribution in [3.63, 3.8) is 0 Å². The molecule has 0 aromatic heterocycles. The maximum absolute atomic E-state index is 13.5. The first-order valence-corrected chi connectivity index (χ1v) is 6.85. The lowest BCUT2D eigenvalue weighted by molar-refractivity contribution is 0.132. The summed E-state index contributed by atoms with van der Waals surface area (Å²) in [7, 11) is 5.40. The molecule has 5 heteroatoms. The molecule has 2 aromatic carbocycles. The highest BCUT2D eigenvalue weighted by atomic mass is 19.1. The first kappa shape index (κ1) is 15.8. The summed E-state index contributed by atoms with van der Waals surface area (Å²) in [6, 6.07) is 12.6. The normalized spacial score (nSPS) is 10.7. The zero-order valence-corrected chi connectivity index (χ0v) is 12.9. The third-order valence-electron chi connectivity index (χ3n) is 3.13. The summed E-state index contributed by atoms with van der Waals surface area (Å²) < 4.78 is 18.4. The summed E-state index contributed by atoms with van der Waals surface area (Å²) in [5.41, 5.74) is 2.75. The Morgan fingerprint density at radius 3 is 2.45 bits per heavy atom. The number of oxime groups is 1. The van der Waals surface area contributed by atoms with E-state index >= 15 is 0 Å². The second-order valence-electron chi connectivity index (χ2n) is 4.96. The van der Waals surface area contributed by atoms with Gasteiger partial charge >= 0.3 is 0 Å². The standard InChI is InChI=1S/C17H19FN2O2/c1-20(2)15-7-4-13(5-8-15)11-19-22-12-14-6-9-17(21-3)16(18)10-14/h4-11H,12H2,1-3H3/b19-11+. The van der Waals surface area contributed by atoms with E-state index in [0.29, 0.717) is 5.56 Å². The van der Waals surface area contributed by atoms with E-state index < -0.39 is 5.82 Å². The Kier molecular flexibility index (Phi) is 5.36. The van der Waals surface area contributed by atoms with Gasteiger partial charge in [-0.25, -0.2) is 4.39 Å². The number of nitrogens with zero attached hydrogens (tertiary/aromatic N) is 2. The fourth-order valence-corrected chi connectivity index (χ4v) is 1.87. The van der Waals surface area contributed by atoms with Crippen molar-refractivity contribution in [2.45, 2.75) is 6.61 Å². The van der Waals surface area contributed by atoms with Crippen molar-refractivity contribution in [1.82, 2.24) is 0 Å². The van der Waals surface area contributed by atoms with E-state index in [9.17, 15) is 4.39 Å². The Bertz CT molecular complexity index is 640. The maximum Gasteiger partial charge on any atom is 0.165 e. The molecule has 0 aliphatic carbocycles. The topological polar surface area (TPSA) is 34.1 Å². The van der Waals surface area contributed by atoms with Gasteiger partial charge in [0.1, 0.15) is 6.61 Å². The van der Waals surface area contributed by atoms with Crippen LogP contribution in [-0.4, -0.2) is 27.4 Å². The number of methoxy groups -OCH3 is 1. The number of hydrogen-bond acceptors (Lipinski definition) is 4. The Labute approximate surface area is 129 Å². The van der Waals surface area contributed by atoms with Gasteiger partial charge in [-0.1, -0.05) is 23.4 Å². The van der Waals surface area contributed by atoms with Gasteiger partial charge in [0.15, 0.2) is 11.6 Å². The van der Waals surface area contributed by atoms with Crippen LogP contribution in [0.25, 0.3) is 0 Å². The minimum absolute atomic E-state index is 0.202. The predicted octanol–water partition coefficient (Wildman–Crippen LogP) is 3.45. The van der Waals surface area contributed by atoms with E-state index in [4.69, 9.17) is 9.57 Å². The highest BCUT2D eigenvalue weighted by Gasteiger charge is 2.03. The van der Waals surface area contributed by atoms with Gasteiger partial charge in [-0.3, -0.25) is 0 Å². The molecule has 0 N–H and O–H groups in total. The molecule has 0 spiro atoms. The molecule has 0 unspecified atom stereocenters. The van der Waals surface area contributed by atoms with E-state index in [1.165, 1.54) is 13.2 Å². The van der Waals surface area contributed by atoms with Gasteiger partial charge in [-0.15, -0.1) is 0 Å². The van der Waals surface area contributed by atoms with Crippen LogP contribution in [0.4, 0.5) is 10.1 Å².